The Morgan fingerprint density at radius 2 is 2.00 bits per heavy atom. The van der Waals surface area contributed by atoms with E-state index in [2.05, 4.69) is 5.32 Å². The minimum Gasteiger partial charge on any atom is -0.452 e. The van der Waals surface area contributed by atoms with Gasteiger partial charge in [-0.05, 0) is 18.9 Å². The van der Waals surface area contributed by atoms with E-state index >= 15 is 0 Å². The Hall–Kier alpha value is -2.97. The highest BCUT2D eigenvalue weighted by atomic mass is 16.6. The molecule has 3 amide bonds. The number of hydrogen-bond donors (Lipinski definition) is 2. The second-order valence-corrected chi connectivity index (χ2v) is 4.96. The largest absolute Gasteiger partial charge is 0.452 e. The summed E-state index contributed by atoms with van der Waals surface area (Å²) in [4.78, 5) is 45.1. The summed E-state index contributed by atoms with van der Waals surface area (Å²) in [5, 5.41) is 15.4. The lowest BCUT2D eigenvalue weighted by atomic mass is 10.1. The van der Waals surface area contributed by atoms with Gasteiger partial charge in [0.2, 0.25) is 0 Å². The quantitative estimate of drug-likeness (QED) is 0.337. The monoisotopic (exact) mass is 337 g/mol. The molecule has 9 heteroatoms. The molecule has 0 aromatic heterocycles. The zero-order chi connectivity index (χ0) is 18.1. The molecule has 0 radical (unpaired) electrons. The predicted molar refractivity (Wildman–Crippen MR) is 84.6 cm³/mol. The van der Waals surface area contributed by atoms with Crippen molar-refractivity contribution in [3.63, 3.8) is 0 Å². The number of amides is 3. The van der Waals surface area contributed by atoms with Crippen LogP contribution >= 0.6 is 0 Å². The molecule has 0 heterocycles. The van der Waals surface area contributed by atoms with E-state index in [-0.39, 0.29) is 5.56 Å². The molecule has 0 aliphatic carbocycles. The van der Waals surface area contributed by atoms with Gasteiger partial charge in [-0.3, -0.25) is 20.2 Å². The maximum absolute atomic E-state index is 12.0. The van der Waals surface area contributed by atoms with Crippen LogP contribution in [0.3, 0.4) is 0 Å². The minimum absolute atomic E-state index is 0.220. The van der Waals surface area contributed by atoms with Gasteiger partial charge in [-0.2, -0.15) is 0 Å². The Morgan fingerprint density at radius 3 is 2.62 bits per heavy atom. The van der Waals surface area contributed by atoms with Gasteiger partial charge in [-0.15, -0.1) is 0 Å². The third-order valence-electron chi connectivity index (χ3n) is 3.05. The molecule has 0 bridgehead atoms. The van der Waals surface area contributed by atoms with Crippen molar-refractivity contribution < 1.29 is 24.0 Å². The second-order valence-electron chi connectivity index (χ2n) is 4.96. The number of benzene rings is 1. The van der Waals surface area contributed by atoms with Gasteiger partial charge in [0.1, 0.15) is 5.56 Å². The van der Waals surface area contributed by atoms with E-state index in [1.165, 1.54) is 25.1 Å². The molecule has 0 aliphatic rings. The van der Waals surface area contributed by atoms with Gasteiger partial charge in [-0.25, -0.2) is 9.59 Å². The number of rotatable bonds is 7. The number of urea groups is 1. The van der Waals surface area contributed by atoms with Crippen molar-refractivity contribution in [3.05, 3.63) is 39.4 Å². The first kappa shape index (κ1) is 19.1. The molecule has 1 aromatic rings. The van der Waals surface area contributed by atoms with Crippen LogP contribution in [0.2, 0.25) is 0 Å². The van der Waals surface area contributed by atoms with Crippen molar-refractivity contribution in [3.8, 4) is 0 Å². The molecule has 9 nitrogen and oxygen atoms in total. The Bertz CT molecular complexity index is 644. The number of ether oxygens (including phenoxy) is 1. The van der Waals surface area contributed by atoms with Crippen LogP contribution in [0.5, 0.6) is 0 Å². The first-order valence-electron chi connectivity index (χ1n) is 7.35. The summed E-state index contributed by atoms with van der Waals surface area (Å²) in [7, 11) is 0. The Balaban J connectivity index is 2.59. The maximum Gasteiger partial charge on any atom is 0.345 e. The van der Waals surface area contributed by atoms with E-state index < -0.39 is 35.1 Å². The molecule has 2 N–H and O–H groups in total. The molecule has 0 fully saturated rings. The zero-order valence-electron chi connectivity index (χ0n) is 13.5. The fourth-order valence-corrected chi connectivity index (χ4v) is 1.86. The molecule has 24 heavy (non-hydrogen) atoms. The topological polar surface area (TPSA) is 128 Å². The second kappa shape index (κ2) is 9.23. The van der Waals surface area contributed by atoms with Gasteiger partial charge in [0.25, 0.3) is 11.6 Å². The van der Waals surface area contributed by atoms with Crippen LogP contribution in [0.1, 0.15) is 35.7 Å². The van der Waals surface area contributed by atoms with E-state index in [0.29, 0.717) is 12.1 Å². The van der Waals surface area contributed by atoms with E-state index in [1.54, 1.807) is 0 Å². The Kier molecular flexibility index (Phi) is 7.34. The van der Waals surface area contributed by atoms with Crippen molar-refractivity contribution in [2.24, 2.45) is 0 Å². The van der Waals surface area contributed by atoms with Crippen LogP contribution in [0.15, 0.2) is 18.2 Å². The molecule has 0 spiro atoms. The van der Waals surface area contributed by atoms with Crippen LogP contribution < -0.4 is 10.6 Å². The highest BCUT2D eigenvalue weighted by molar-refractivity contribution is 5.99. The number of imide groups is 1. The van der Waals surface area contributed by atoms with Crippen molar-refractivity contribution in [2.75, 3.05) is 13.2 Å². The summed E-state index contributed by atoms with van der Waals surface area (Å²) in [6.07, 6.45) is 1.66. The van der Waals surface area contributed by atoms with Crippen molar-refractivity contribution >= 4 is 23.6 Å². The number of hydrogen-bond acceptors (Lipinski definition) is 6. The lowest BCUT2D eigenvalue weighted by Gasteiger charge is -2.08. The van der Waals surface area contributed by atoms with Crippen molar-refractivity contribution in [2.45, 2.75) is 26.7 Å². The summed E-state index contributed by atoms with van der Waals surface area (Å²) in [6, 6.07) is 3.44. The van der Waals surface area contributed by atoms with Crippen LogP contribution in [-0.2, 0) is 9.53 Å². The molecule has 0 atom stereocenters. The summed E-state index contributed by atoms with van der Waals surface area (Å²) in [5.74, 6) is -1.82. The molecular formula is C15H19N3O6. The molecule has 1 aromatic carbocycles. The van der Waals surface area contributed by atoms with E-state index in [4.69, 9.17) is 4.74 Å². The van der Waals surface area contributed by atoms with Gasteiger partial charge in [0.05, 0.1) is 4.92 Å². The highest BCUT2D eigenvalue weighted by Gasteiger charge is 2.24. The molecular weight excluding hydrogens is 318 g/mol. The molecule has 0 aliphatic heterocycles. The van der Waals surface area contributed by atoms with Crippen LogP contribution in [0.25, 0.3) is 0 Å². The third-order valence-corrected chi connectivity index (χ3v) is 3.05. The van der Waals surface area contributed by atoms with Gasteiger partial charge in [0.15, 0.2) is 6.61 Å². The van der Waals surface area contributed by atoms with Gasteiger partial charge >= 0.3 is 12.0 Å². The summed E-state index contributed by atoms with van der Waals surface area (Å²) >= 11 is 0. The van der Waals surface area contributed by atoms with Crippen LogP contribution in [-0.4, -0.2) is 36.0 Å². The molecule has 130 valence electrons. The smallest absolute Gasteiger partial charge is 0.345 e. The SMILES string of the molecule is CCCCNC(=O)NC(=O)COC(=O)c1c(C)cccc1[N+](=O)[O-]. The fraction of sp³-hybridized carbons (Fsp3) is 0.400. The number of esters is 1. The van der Waals surface area contributed by atoms with E-state index in [0.717, 1.165) is 12.8 Å². The van der Waals surface area contributed by atoms with Crippen molar-refractivity contribution in [1.82, 2.24) is 10.6 Å². The lowest BCUT2D eigenvalue weighted by molar-refractivity contribution is -0.385. The normalized spacial score (nSPS) is 9.92. The molecule has 0 unspecified atom stereocenters. The lowest BCUT2D eigenvalue weighted by Crippen LogP contribution is -2.41. The van der Waals surface area contributed by atoms with E-state index in [1.807, 2.05) is 12.2 Å². The Labute approximate surface area is 138 Å². The zero-order valence-corrected chi connectivity index (χ0v) is 13.5. The fourth-order valence-electron chi connectivity index (χ4n) is 1.86. The number of nitrogens with zero attached hydrogens (tertiary/aromatic N) is 1. The maximum atomic E-state index is 12.0. The number of nitro groups is 1. The third kappa shape index (κ3) is 5.67. The number of nitrogens with one attached hydrogen (secondary N) is 2. The number of nitro benzene ring substituents is 1. The molecule has 0 saturated carbocycles. The minimum atomic E-state index is -0.999. The summed E-state index contributed by atoms with van der Waals surface area (Å²) in [5.41, 5.74) is -0.271. The van der Waals surface area contributed by atoms with Crippen LogP contribution in [0, 0.1) is 17.0 Å². The van der Waals surface area contributed by atoms with Gasteiger partial charge < -0.3 is 10.1 Å². The number of carbonyl (C=O) groups is 3. The number of carbonyl (C=O) groups excluding carboxylic acids is 3. The standard InChI is InChI=1S/C15H19N3O6/c1-3-4-8-16-15(21)17-12(19)9-24-14(20)13-10(2)6-5-7-11(13)18(22)23/h5-7H,3-4,8-9H2,1-2H3,(H2,16,17,19,21). The average molecular weight is 337 g/mol. The number of unbranched alkanes of at least 4 members (excludes halogenated alkanes) is 1. The average Bonchev–Trinajstić information content (AvgIpc) is 2.52. The molecule has 1 rings (SSSR count). The predicted octanol–water partition coefficient (Wildman–Crippen LogP) is 1.69. The van der Waals surface area contributed by atoms with Crippen molar-refractivity contribution in [1.29, 1.82) is 0 Å². The first-order valence-corrected chi connectivity index (χ1v) is 7.35. The highest BCUT2D eigenvalue weighted by Crippen LogP contribution is 2.22. The van der Waals surface area contributed by atoms with Gasteiger partial charge in [-0.1, -0.05) is 25.5 Å². The first-order chi connectivity index (χ1) is 11.4. The number of aryl methyl sites for hydroxylation is 1. The summed E-state index contributed by atoms with van der Waals surface area (Å²) < 4.78 is 4.75. The van der Waals surface area contributed by atoms with Gasteiger partial charge in [0, 0.05) is 12.6 Å². The van der Waals surface area contributed by atoms with Crippen LogP contribution in [0.4, 0.5) is 10.5 Å². The van der Waals surface area contributed by atoms with E-state index in [9.17, 15) is 24.5 Å². The Morgan fingerprint density at radius 1 is 1.29 bits per heavy atom. The molecule has 0 saturated heterocycles. The summed E-state index contributed by atoms with van der Waals surface area (Å²) in [6.45, 7) is 3.18.